The van der Waals surface area contributed by atoms with Gasteiger partial charge in [0.05, 0.1) is 47.3 Å². The smallest absolute Gasteiger partial charge is 0.389 e. The van der Waals surface area contributed by atoms with Crippen LogP contribution in [-0.4, -0.2) is 54.2 Å². The standard InChI is InChI=1S/C22H26N8O4/c1-13(2)18-26-10-17(28-14-7-24-12-25-8-14)20(30-18)34-21(32)29-16-9-23-6-5-15(16)19(31)27-11-22(3,4)33/h5-10,12-13,28,33H,11H2,1-4H3,(H,27,31)(H,29,32). The van der Waals surface area contributed by atoms with Crippen molar-refractivity contribution in [1.29, 1.82) is 0 Å². The molecule has 3 aromatic heterocycles. The van der Waals surface area contributed by atoms with Gasteiger partial charge in [0.15, 0.2) is 0 Å². The molecule has 12 nitrogen and oxygen atoms in total. The molecule has 34 heavy (non-hydrogen) atoms. The van der Waals surface area contributed by atoms with Gasteiger partial charge in [-0.2, -0.15) is 4.98 Å². The number of carbonyl (C=O) groups is 2. The van der Waals surface area contributed by atoms with E-state index in [1.807, 2.05) is 13.8 Å². The molecular weight excluding hydrogens is 440 g/mol. The van der Waals surface area contributed by atoms with E-state index in [2.05, 4.69) is 40.9 Å². The second-order valence-corrected chi connectivity index (χ2v) is 8.28. The molecule has 12 heteroatoms. The fourth-order valence-electron chi connectivity index (χ4n) is 2.65. The number of nitrogens with zero attached hydrogens (tertiary/aromatic N) is 5. The van der Waals surface area contributed by atoms with Gasteiger partial charge in [0.25, 0.3) is 11.8 Å². The van der Waals surface area contributed by atoms with Gasteiger partial charge in [-0.05, 0) is 19.9 Å². The predicted molar refractivity (Wildman–Crippen MR) is 124 cm³/mol. The van der Waals surface area contributed by atoms with E-state index in [0.717, 1.165) is 0 Å². The molecule has 0 aliphatic rings. The first-order valence-electron chi connectivity index (χ1n) is 10.4. The van der Waals surface area contributed by atoms with Crippen LogP contribution in [0.1, 0.15) is 49.8 Å². The quantitative estimate of drug-likeness (QED) is 0.388. The molecular formula is C22H26N8O4. The molecule has 2 amide bonds. The lowest BCUT2D eigenvalue weighted by Gasteiger charge is -2.18. The number of anilines is 3. The summed E-state index contributed by atoms with van der Waals surface area (Å²) in [6.45, 7) is 6.97. The van der Waals surface area contributed by atoms with Gasteiger partial charge in [0, 0.05) is 18.7 Å². The van der Waals surface area contributed by atoms with Crippen LogP contribution in [0.5, 0.6) is 5.88 Å². The van der Waals surface area contributed by atoms with Crippen molar-refractivity contribution in [3.8, 4) is 5.88 Å². The van der Waals surface area contributed by atoms with Gasteiger partial charge in [-0.15, -0.1) is 0 Å². The van der Waals surface area contributed by atoms with Crippen molar-refractivity contribution in [2.24, 2.45) is 0 Å². The average molecular weight is 467 g/mol. The van der Waals surface area contributed by atoms with E-state index in [4.69, 9.17) is 4.74 Å². The Kier molecular flexibility index (Phi) is 7.64. The molecule has 0 spiro atoms. The zero-order valence-electron chi connectivity index (χ0n) is 19.2. The van der Waals surface area contributed by atoms with Crippen molar-refractivity contribution >= 4 is 29.1 Å². The number of amides is 2. The molecule has 0 unspecified atom stereocenters. The van der Waals surface area contributed by atoms with E-state index < -0.39 is 17.6 Å². The van der Waals surface area contributed by atoms with E-state index in [1.54, 1.807) is 26.2 Å². The summed E-state index contributed by atoms with van der Waals surface area (Å²) in [7, 11) is 0. The summed E-state index contributed by atoms with van der Waals surface area (Å²) in [5.41, 5.74) is 0.0607. The van der Waals surface area contributed by atoms with Crippen LogP contribution in [0, 0.1) is 0 Å². The Bertz CT molecular complexity index is 1150. The highest BCUT2D eigenvalue weighted by atomic mass is 16.6. The molecule has 3 aromatic rings. The monoisotopic (exact) mass is 466 g/mol. The molecule has 0 aliphatic carbocycles. The van der Waals surface area contributed by atoms with Gasteiger partial charge in [0.1, 0.15) is 17.8 Å². The molecule has 178 valence electrons. The Hall–Kier alpha value is -4.19. The zero-order valence-corrected chi connectivity index (χ0v) is 19.2. The maximum absolute atomic E-state index is 12.7. The van der Waals surface area contributed by atoms with Crippen LogP contribution >= 0.6 is 0 Å². The molecule has 0 aromatic carbocycles. The number of nitrogens with one attached hydrogen (secondary N) is 3. The van der Waals surface area contributed by atoms with E-state index in [9.17, 15) is 14.7 Å². The summed E-state index contributed by atoms with van der Waals surface area (Å²) >= 11 is 0. The summed E-state index contributed by atoms with van der Waals surface area (Å²) in [4.78, 5) is 45.7. The summed E-state index contributed by atoms with van der Waals surface area (Å²) in [5, 5.41) is 18.0. The lowest BCUT2D eigenvalue weighted by atomic mass is 10.1. The third kappa shape index (κ3) is 6.90. The van der Waals surface area contributed by atoms with Crippen LogP contribution in [0.3, 0.4) is 0 Å². The summed E-state index contributed by atoms with van der Waals surface area (Å²) in [6, 6.07) is 1.44. The van der Waals surface area contributed by atoms with Crippen molar-refractivity contribution in [3.63, 3.8) is 0 Å². The SMILES string of the molecule is CC(C)c1ncc(Nc2cncnc2)c(OC(=O)Nc2cnccc2C(=O)NCC(C)(C)O)n1. The van der Waals surface area contributed by atoms with Crippen molar-refractivity contribution in [3.05, 3.63) is 54.8 Å². The van der Waals surface area contributed by atoms with Gasteiger partial charge in [0.2, 0.25) is 0 Å². The Balaban J connectivity index is 1.79. The Labute approximate surface area is 196 Å². The topological polar surface area (TPSA) is 164 Å². The molecule has 0 saturated heterocycles. The van der Waals surface area contributed by atoms with Crippen LogP contribution in [-0.2, 0) is 0 Å². The second kappa shape index (κ2) is 10.6. The summed E-state index contributed by atoms with van der Waals surface area (Å²) in [6.07, 6.45) is 7.82. The van der Waals surface area contributed by atoms with E-state index in [-0.39, 0.29) is 29.6 Å². The Morgan fingerprint density at radius 3 is 2.50 bits per heavy atom. The maximum Gasteiger partial charge on any atom is 0.418 e. The number of carbonyl (C=O) groups excluding carboxylic acids is 2. The first kappa shape index (κ1) is 24.5. The number of aliphatic hydroxyl groups is 1. The van der Waals surface area contributed by atoms with E-state index in [0.29, 0.717) is 17.2 Å². The molecule has 0 saturated carbocycles. The highest BCUT2D eigenvalue weighted by Gasteiger charge is 2.20. The number of aromatic nitrogens is 5. The molecule has 3 rings (SSSR count). The fourth-order valence-corrected chi connectivity index (χ4v) is 2.65. The fraction of sp³-hybridized carbons (Fsp3) is 0.318. The van der Waals surface area contributed by atoms with Crippen LogP contribution in [0.4, 0.5) is 21.9 Å². The molecule has 0 atom stereocenters. The molecule has 0 fully saturated rings. The number of ether oxygens (including phenoxy) is 1. The third-order valence-electron chi connectivity index (χ3n) is 4.30. The molecule has 3 heterocycles. The minimum absolute atomic E-state index is 0.0103. The normalized spacial score (nSPS) is 11.1. The Morgan fingerprint density at radius 2 is 1.82 bits per heavy atom. The highest BCUT2D eigenvalue weighted by molar-refractivity contribution is 6.02. The number of pyridine rings is 1. The molecule has 0 aliphatic heterocycles. The van der Waals surface area contributed by atoms with Crippen molar-refractivity contribution in [2.45, 2.75) is 39.2 Å². The average Bonchev–Trinajstić information content (AvgIpc) is 2.79. The highest BCUT2D eigenvalue weighted by Crippen LogP contribution is 2.27. The lowest BCUT2D eigenvalue weighted by molar-refractivity contribution is 0.0694. The van der Waals surface area contributed by atoms with Crippen LogP contribution in [0.15, 0.2) is 43.4 Å². The predicted octanol–water partition coefficient (Wildman–Crippen LogP) is 2.64. The van der Waals surface area contributed by atoms with Crippen molar-refractivity contribution in [1.82, 2.24) is 30.2 Å². The van der Waals surface area contributed by atoms with Gasteiger partial charge in [-0.3, -0.25) is 15.1 Å². The van der Waals surface area contributed by atoms with Gasteiger partial charge < -0.3 is 20.5 Å². The van der Waals surface area contributed by atoms with Crippen LogP contribution in [0.2, 0.25) is 0 Å². The maximum atomic E-state index is 12.7. The number of rotatable bonds is 8. The minimum atomic E-state index is -1.09. The number of hydrogen-bond acceptors (Lipinski definition) is 10. The number of hydrogen-bond donors (Lipinski definition) is 4. The van der Waals surface area contributed by atoms with Gasteiger partial charge in [-0.25, -0.2) is 19.7 Å². The lowest BCUT2D eigenvalue weighted by Crippen LogP contribution is -2.38. The molecule has 0 radical (unpaired) electrons. The minimum Gasteiger partial charge on any atom is -0.389 e. The van der Waals surface area contributed by atoms with Gasteiger partial charge in [-0.1, -0.05) is 13.8 Å². The largest absolute Gasteiger partial charge is 0.418 e. The van der Waals surface area contributed by atoms with E-state index >= 15 is 0 Å². The van der Waals surface area contributed by atoms with Crippen molar-refractivity contribution in [2.75, 3.05) is 17.2 Å². The van der Waals surface area contributed by atoms with Crippen LogP contribution < -0.4 is 20.7 Å². The molecule has 0 bridgehead atoms. The summed E-state index contributed by atoms with van der Waals surface area (Å²) < 4.78 is 5.46. The first-order valence-corrected chi connectivity index (χ1v) is 10.4. The zero-order chi connectivity index (χ0) is 24.7. The van der Waals surface area contributed by atoms with E-state index in [1.165, 1.54) is 31.0 Å². The third-order valence-corrected chi connectivity index (χ3v) is 4.30. The first-order chi connectivity index (χ1) is 16.1. The summed E-state index contributed by atoms with van der Waals surface area (Å²) in [5.74, 6) is -0.0398. The van der Waals surface area contributed by atoms with Crippen LogP contribution in [0.25, 0.3) is 0 Å². The molecule has 4 N–H and O–H groups in total. The Morgan fingerprint density at radius 1 is 1.09 bits per heavy atom. The van der Waals surface area contributed by atoms with Gasteiger partial charge >= 0.3 is 6.09 Å². The second-order valence-electron chi connectivity index (χ2n) is 8.28. The van der Waals surface area contributed by atoms with Crippen molar-refractivity contribution < 1.29 is 19.4 Å².